The average molecular weight is 253 g/mol. The van der Waals surface area contributed by atoms with E-state index in [0.717, 1.165) is 13.2 Å². The van der Waals surface area contributed by atoms with E-state index in [1.165, 1.54) is 19.1 Å². The summed E-state index contributed by atoms with van der Waals surface area (Å²) in [5.41, 5.74) is 7.74. The molecular weight excluding hydrogens is 244 g/mol. The first kappa shape index (κ1) is 13.7. The summed E-state index contributed by atoms with van der Waals surface area (Å²) in [6.07, 6.45) is 0.920. The summed E-state index contributed by atoms with van der Waals surface area (Å²) in [5, 5.41) is 3.06. The molecule has 1 aromatic rings. The van der Waals surface area contributed by atoms with Crippen molar-refractivity contribution in [3.05, 3.63) is 51.0 Å². The Labute approximate surface area is 101 Å². The van der Waals surface area contributed by atoms with Gasteiger partial charge in [0.2, 0.25) is 0 Å². The molecule has 0 saturated carbocycles. The van der Waals surface area contributed by atoms with Gasteiger partial charge < -0.3 is 4.74 Å². The van der Waals surface area contributed by atoms with Crippen LogP contribution in [0, 0.1) is 18.6 Å². The molecule has 5 nitrogen and oxygen atoms in total. The summed E-state index contributed by atoms with van der Waals surface area (Å²) in [6.45, 7) is 1.40. The number of nitrogens with zero attached hydrogens (tertiary/aromatic N) is 3. The number of aryl methyl sites for hydroxylation is 1. The molecule has 0 bridgehead atoms. The van der Waals surface area contributed by atoms with Crippen LogP contribution in [0.15, 0.2) is 22.9 Å². The lowest BCUT2D eigenvalue weighted by molar-refractivity contribution is -0.136. The van der Waals surface area contributed by atoms with E-state index in [1.54, 1.807) is 0 Å². The van der Waals surface area contributed by atoms with Crippen LogP contribution < -0.4 is 0 Å². The van der Waals surface area contributed by atoms with Crippen molar-refractivity contribution >= 4 is 12.0 Å². The number of carbonyl (C=O) groups excluding carboxylic acids is 1. The SMILES string of the molecule is COC(=O)/C(=C/c1ccc(C)c(F)c1F)N=[N+]=[N-]. The second kappa shape index (κ2) is 5.79. The molecule has 0 unspecified atom stereocenters. The minimum absolute atomic E-state index is 0.132. The average Bonchev–Trinajstić information content (AvgIpc) is 2.37. The van der Waals surface area contributed by atoms with Crippen LogP contribution in [0.25, 0.3) is 16.5 Å². The van der Waals surface area contributed by atoms with Gasteiger partial charge >= 0.3 is 5.97 Å². The minimum atomic E-state index is -1.12. The van der Waals surface area contributed by atoms with Crippen molar-refractivity contribution in [3.63, 3.8) is 0 Å². The molecule has 0 aliphatic rings. The molecule has 0 N–H and O–H groups in total. The molecular formula is C11H9F2N3O2. The van der Waals surface area contributed by atoms with E-state index in [4.69, 9.17) is 5.53 Å². The molecule has 0 spiro atoms. The zero-order valence-electron chi connectivity index (χ0n) is 9.65. The quantitative estimate of drug-likeness (QED) is 0.273. The van der Waals surface area contributed by atoms with E-state index >= 15 is 0 Å². The summed E-state index contributed by atoms with van der Waals surface area (Å²) >= 11 is 0. The largest absolute Gasteiger partial charge is 0.466 e. The van der Waals surface area contributed by atoms with Crippen LogP contribution in [-0.4, -0.2) is 13.1 Å². The Morgan fingerprint density at radius 1 is 1.44 bits per heavy atom. The number of benzene rings is 1. The fourth-order valence-electron chi connectivity index (χ4n) is 1.20. The predicted octanol–water partition coefficient (Wildman–Crippen LogP) is 3.10. The van der Waals surface area contributed by atoms with Gasteiger partial charge in [0.25, 0.3) is 0 Å². The van der Waals surface area contributed by atoms with Gasteiger partial charge in [0.1, 0.15) is 5.70 Å². The predicted molar refractivity (Wildman–Crippen MR) is 60.2 cm³/mol. The number of esters is 1. The van der Waals surface area contributed by atoms with Crippen molar-refractivity contribution in [1.82, 2.24) is 0 Å². The van der Waals surface area contributed by atoms with Crippen LogP contribution in [0.5, 0.6) is 0 Å². The molecule has 94 valence electrons. The fraction of sp³-hybridized carbons (Fsp3) is 0.182. The maximum Gasteiger partial charge on any atom is 0.340 e. The molecule has 18 heavy (non-hydrogen) atoms. The van der Waals surface area contributed by atoms with Crippen LogP contribution in [0.1, 0.15) is 11.1 Å². The lowest BCUT2D eigenvalue weighted by Gasteiger charge is -2.03. The number of methoxy groups -OCH3 is 1. The molecule has 0 aliphatic heterocycles. The topological polar surface area (TPSA) is 75.1 Å². The van der Waals surface area contributed by atoms with Gasteiger partial charge in [-0.3, -0.25) is 0 Å². The summed E-state index contributed by atoms with van der Waals surface area (Å²) < 4.78 is 31.2. The zero-order valence-corrected chi connectivity index (χ0v) is 9.65. The van der Waals surface area contributed by atoms with Gasteiger partial charge in [-0.1, -0.05) is 17.2 Å². The molecule has 7 heteroatoms. The molecule has 1 rings (SSSR count). The number of azide groups is 1. The van der Waals surface area contributed by atoms with E-state index in [-0.39, 0.29) is 11.1 Å². The highest BCUT2D eigenvalue weighted by Gasteiger charge is 2.13. The Morgan fingerprint density at radius 3 is 2.67 bits per heavy atom. The van der Waals surface area contributed by atoms with Crippen molar-refractivity contribution in [1.29, 1.82) is 0 Å². The lowest BCUT2D eigenvalue weighted by Crippen LogP contribution is -2.02. The van der Waals surface area contributed by atoms with Crippen molar-refractivity contribution in [2.75, 3.05) is 7.11 Å². The highest BCUT2D eigenvalue weighted by atomic mass is 19.2. The summed E-state index contributed by atoms with van der Waals surface area (Å²) in [6, 6.07) is 2.61. The monoisotopic (exact) mass is 253 g/mol. The number of hydrogen-bond acceptors (Lipinski definition) is 3. The number of ether oxygens (including phenoxy) is 1. The molecule has 0 aromatic heterocycles. The third kappa shape index (κ3) is 2.83. The van der Waals surface area contributed by atoms with E-state index in [1.807, 2.05) is 0 Å². The van der Waals surface area contributed by atoms with E-state index in [0.29, 0.717) is 0 Å². The van der Waals surface area contributed by atoms with Crippen LogP contribution in [0.3, 0.4) is 0 Å². The molecule has 0 heterocycles. The van der Waals surface area contributed by atoms with Gasteiger partial charge in [0.15, 0.2) is 11.6 Å². The summed E-state index contributed by atoms with van der Waals surface area (Å²) in [7, 11) is 1.08. The van der Waals surface area contributed by atoms with E-state index in [9.17, 15) is 13.6 Å². The van der Waals surface area contributed by atoms with Crippen molar-refractivity contribution in [3.8, 4) is 0 Å². The molecule has 0 atom stereocenters. The normalized spacial score (nSPS) is 10.8. The number of rotatable bonds is 3. The second-order valence-electron chi connectivity index (χ2n) is 3.31. The number of halogens is 2. The molecule has 0 fully saturated rings. The summed E-state index contributed by atoms with van der Waals surface area (Å²) in [4.78, 5) is 13.6. The van der Waals surface area contributed by atoms with Crippen LogP contribution in [0.2, 0.25) is 0 Å². The first-order valence-corrected chi connectivity index (χ1v) is 4.81. The van der Waals surface area contributed by atoms with Gasteiger partial charge in [-0.05, 0) is 24.1 Å². The highest BCUT2D eigenvalue weighted by molar-refractivity contribution is 5.93. The van der Waals surface area contributed by atoms with Crippen molar-refractivity contribution < 1.29 is 18.3 Å². The Balaban J connectivity index is 3.33. The van der Waals surface area contributed by atoms with Gasteiger partial charge in [-0.15, -0.1) is 0 Å². The first-order valence-electron chi connectivity index (χ1n) is 4.81. The highest BCUT2D eigenvalue weighted by Crippen LogP contribution is 2.19. The maximum absolute atomic E-state index is 13.5. The maximum atomic E-state index is 13.5. The van der Waals surface area contributed by atoms with Crippen LogP contribution in [-0.2, 0) is 9.53 Å². The third-order valence-electron chi connectivity index (χ3n) is 2.14. The minimum Gasteiger partial charge on any atom is -0.466 e. The summed E-state index contributed by atoms with van der Waals surface area (Å²) in [5.74, 6) is -3.08. The van der Waals surface area contributed by atoms with Gasteiger partial charge in [0.05, 0.1) is 7.11 Å². The van der Waals surface area contributed by atoms with E-state index in [2.05, 4.69) is 14.8 Å². The Hall–Kier alpha value is -2.40. The Kier molecular flexibility index (Phi) is 4.39. The smallest absolute Gasteiger partial charge is 0.340 e. The van der Waals surface area contributed by atoms with Crippen LogP contribution in [0.4, 0.5) is 8.78 Å². The Morgan fingerprint density at radius 2 is 2.11 bits per heavy atom. The van der Waals surface area contributed by atoms with Crippen molar-refractivity contribution in [2.24, 2.45) is 5.11 Å². The Bertz CT molecular complexity index is 564. The zero-order chi connectivity index (χ0) is 13.7. The molecule has 0 saturated heterocycles. The first-order chi connectivity index (χ1) is 8.51. The lowest BCUT2D eigenvalue weighted by atomic mass is 10.1. The van der Waals surface area contributed by atoms with Gasteiger partial charge in [-0.25, -0.2) is 13.6 Å². The fourth-order valence-corrected chi connectivity index (χ4v) is 1.20. The second-order valence-corrected chi connectivity index (χ2v) is 3.31. The standard InChI is InChI=1S/C11H9F2N3O2/c1-6-3-4-7(10(13)9(6)12)5-8(15-16-14)11(17)18-2/h3-5H,1-2H3/b8-5-. The molecule has 0 aliphatic carbocycles. The third-order valence-corrected chi connectivity index (χ3v) is 2.14. The molecule has 0 radical (unpaired) electrons. The number of hydrogen-bond donors (Lipinski definition) is 0. The van der Waals surface area contributed by atoms with E-state index < -0.39 is 23.3 Å². The molecule has 1 aromatic carbocycles. The van der Waals surface area contributed by atoms with Gasteiger partial charge in [0, 0.05) is 10.5 Å². The van der Waals surface area contributed by atoms with Crippen LogP contribution >= 0.6 is 0 Å². The molecule has 0 amide bonds. The van der Waals surface area contributed by atoms with Gasteiger partial charge in [-0.2, -0.15) is 0 Å². The number of carbonyl (C=O) groups is 1. The van der Waals surface area contributed by atoms with Crippen molar-refractivity contribution in [2.45, 2.75) is 6.92 Å².